The molecule has 1 aromatic carbocycles. The van der Waals surface area contributed by atoms with E-state index in [1.165, 1.54) is 7.11 Å². The van der Waals surface area contributed by atoms with Crippen LogP contribution in [0.25, 0.3) is 0 Å². The molecule has 3 aromatic rings. The van der Waals surface area contributed by atoms with Gasteiger partial charge in [0.05, 0.1) is 18.4 Å². The Morgan fingerprint density at radius 2 is 1.82 bits per heavy atom. The molecule has 0 unspecified atom stereocenters. The van der Waals surface area contributed by atoms with Crippen LogP contribution in [-0.4, -0.2) is 33.9 Å². The monoisotopic (exact) mass is 377 g/mol. The van der Waals surface area contributed by atoms with Crippen LogP contribution in [0, 0.1) is 6.92 Å². The first-order chi connectivity index (χ1) is 13.6. The van der Waals surface area contributed by atoms with Gasteiger partial charge < -0.3 is 15.4 Å². The van der Waals surface area contributed by atoms with Crippen LogP contribution in [0.2, 0.25) is 0 Å². The number of aromatic nitrogens is 3. The smallest absolute Gasteiger partial charge is 0.339 e. The number of pyridine rings is 1. The van der Waals surface area contributed by atoms with Crippen LogP contribution in [0.5, 0.6) is 0 Å². The fourth-order valence-corrected chi connectivity index (χ4v) is 2.51. The van der Waals surface area contributed by atoms with E-state index in [1.54, 1.807) is 49.6 Å². The van der Waals surface area contributed by atoms with E-state index in [0.29, 0.717) is 23.9 Å². The van der Waals surface area contributed by atoms with Gasteiger partial charge in [0.25, 0.3) is 5.91 Å². The normalized spacial score (nSPS) is 10.2. The van der Waals surface area contributed by atoms with Gasteiger partial charge in [-0.25, -0.2) is 14.8 Å². The van der Waals surface area contributed by atoms with Crippen molar-refractivity contribution in [2.75, 3.05) is 17.7 Å². The molecule has 0 saturated heterocycles. The molecule has 0 spiro atoms. The molecular formula is C20H19N5O3. The Hall–Kier alpha value is -3.81. The van der Waals surface area contributed by atoms with Gasteiger partial charge in [-0.3, -0.25) is 9.78 Å². The number of carbonyl (C=O) groups is 2. The molecule has 1 amide bonds. The van der Waals surface area contributed by atoms with Crippen LogP contribution in [0.15, 0.2) is 54.9 Å². The molecule has 0 aliphatic rings. The molecule has 8 nitrogen and oxygen atoms in total. The van der Waals surface area contributed by atoms with Crippen LogP contribution in [-0.2, 0) is 11.3 Å². The molecule has 28 heavy (non-hydrogen) atoms. The minimum Gasteiger partial charge on any atom is -0.465 e. The first-order valence-corrected chi connectivity index (χ1v) is 8.54. The summed E-state index contributed by atoms with van der Waals surface area (Å²) < 4.78 is 4.75. The third kappa shape index (κ3) is 4.67. The van der Waals surface area contributed by atoms with Crippen molar-refractivity contribution in [1.29, 1.82) is 0 Å². The first kappa shape index (κ1) is 19.0. The summed E-state index contributed by atoms with van der Waals surface area (Å²) in [6.45, 7) is 2.27. The van der Waals surface area contributed by atoms with Crippen LogP contribution in [0.3, 0.4) is 0 Å². The zero-order valence-electron chi connectivity index (χ0n) is 15.5. The minimum absolute atomic E-state index is 0.185. The molecule has 142 valence electrons. The van der Waals surface area contributed by atoms with E-state index >= 15 is 0 Å². The summed E-state index contributed by atoms with van der Waals surface area (Å²) in [6, 6.07) is 11.9. The average Bonchev–Trinajstić information content (AvgIpc) is 2.72. The number of ether oxygens (including phenoxy) is 1. The van der Waals surface area contributed by atoms with Crippen molar-refractivity contribution in [3.63, 3.8) is 0 Å². The van der Waals surface area contributed by atoms with E-state index in [-0.39, 0.29) is 11.3 Å². The molecule has 0 radical (unpaired) electrons. The Balaban J connectivity index is 1.77. The van der Waals surface area contributed by atoms with Crippen LogP contribution in [0.4, 0.5) is 11.6 Å². The fourth-order valence-electron chi connectivity index (χ4n) is 2.51. The predicted molar refractivity (Wildman–Crippen MR) is 104 cm³/mol. The number of para-hydroxylation sites is 1. The van der Waals surface area contributed by atoms with Gasteiger partial charge in [0.15, 0.2) is 0 Å². The van der Waals surface area contributed by atoms with E-state index in [9.17, 15) is 9.59 Å². The van der Waals surface area contributed by atoms with Gasteiger partial charge in [0.1, 0.15) is 5.69 Å². The van der Waals surface area contributed by atoms with Gasteiger partial charge in [-0.15, -0.1) is 0 Å². The molecule has 0 bridgehead atoms. The zero-order chi connectivity index (χ0) is 19.9. The third-order valence-corrected chi connectivity index (χ3v) is 3.87. The lowest BCUT2D eigenvalue weighted by atomic mass is 10.1. The number of nitrogens with zero attached hydrogens (tertiary/aromatic N) is 3. The summed E-state index contributed by atoms with van der Waals surface area (Å²) >= 11 is 0. The summed E-state index contributed by atoms with van der Waals surface area (Å²) in [6.07, 6.45) is 3.40. The number of carbonyl (C=O) groups excluding carboxylic acids is 2. The highest BCUT2D eigenvalue weighted by atomic mass is 16.5. The zero-order valence-corrected chi connectivity index (χ0v) is 15.5. The Labute approximate surface area is 162 Å². The summed E-state index contributed by atoms with van der Waals surface area (Å²) in [4.78, 5) is 37.1. The topological polar surface area (TPSA) is 106 Å². The number of aryl methyl sites for hydroxylation is 1. The van der Waals surface area contributed by atoms with Gasteiger partial charge in [0.2, 0.25) is 5.95 Å². The van der Waals surface area contributed by atoms with E-state index in [2.05, 4.69) is 25.6 Å². The molecule has 3 rings (SSSR count). The minimum atomic E-state index is -0.533. The second kappa shape index (κ2) is 8.72. The maximum atomic E-state index is 12.7. The average molecular weight is 377 g/mol. The van der Waals surface area contributed by atoms with Gasteiger partial charge in [-0.05, 0) is 42.8 Å². The van der Waals surface area contributed by atoms with Crippen molar-refractivity contribution in [1.82, 2.24) is 15.0 Å². The Morgan fingerprint density at radius 1 is 1.07 bits per heavy atom. The maximum absolute atomic E-state index is 12.7. The van der Waals surface area contributed by atoms with Gasteiger partial charge >= 0.3 is 5.97 Å². The van der Waals surface area contributed by atoms with Crippen molar-refractivity contribution < 1.29 is 14.3 Å². The Bertz CT molecular complexity index is 992. The lowest BCUT2D eigenvalue weighted by Crippen LogP contribution is -2.18. The number of hydrogen-bond donors (Lipinski definition) is 2. The molecule has 0 atom stereocenters. The van der Waals surface area contributed by atoms with Gasteiger partial charge in [-0.2, -0.15) is 0 Å². The standard InChI is InChI=1S/C20H19N5O3/c1-13-11-17(25-20(23-13)22-12-14-7-9-21-10-8-14)18(26)24-16-6-4-3-5-15(16)19(27)28-2/h3-11H,12H2,1-2H3,(H,24,26)(H,22,23,25). The molecular weight excluding hydrogens is 358 g/mol. The summed E-state index contributed by atoms with van der Waals surface area (Å²) in [5.41, 5.74) is 2.45. The third-order valence-electron chi connectivity index (χ3n) is 3.87. The molecule has 2 N–H and O–H groups in total. The number of methoxy groups -OCH3 is 1. The lowest BCUT2D eigenvalue weighted by Gasteiger charge is -2.11. The quantitative estimate of drug-likeness (QED) is 0.636. The SMILES string of the molecule is COC(=O)c1ccccc1NC(=O)c1cc(C)nc(NCc2ccncc2)n1. The van der Waals surface area contributed by atoms with Crippen LogP contribution in [0.1, 0.15) is 32.1 Å². The van der Waals surface area contributed by atoms with E-state index in [1.807, 2.05) is 12.1 Å². The summed E-state index contributed by atoms with van der Waals surface area (Å²) in [7, 11) is 1.29. The first-order valence-electron chi connectivity index (χ1n) is 8.54. The molecule has 2 heterocycles. The van der Waals surface area contributed by atoms with Crippen LogP contribution < -0.4 is 10.6 Å². The van der Waals surface area contributed by atoms with Gasteiger partial charge in [0, 0.05) is 24.6 Å². The van der Waals surface area contributed by atoms with E-state index in [0.717, 1.165) is 5.56 Å². The Kier molecular flexibility index (Phi) is 5.91. The largest absolute Gasteiger partial charge is 0.465 e. The lowest BCUT2D eigenvalue weighted by molar-refractivity contribution is 0.0602. The number of esters is 1. The second-order valence-electron chi connectivity index (χ2n) is 5.92. The second-order valence-corrected chi connectivity index (χ2v) is 5.92. The van der Waals surface area contributed by atoms with Crippen molar-refractivity contribution in [2.45, 2.75) is 13.5 Å². The van der Waals surface area contributed by atoms with Gasteiger partial charge in [-0.1, -0.05) is 12.1 Å². The van der Waals surface area contributed by atoms with Crippen molar-refractivity contribution in [2.24, 2.45) is 0 Å². The van der Waals surface area contributed by atoms with Crippen molar-refractivity contribution in [3.05, 3.63) is 77.4 Å². The molecule has 0 fully saturated rings. The number of nitrogens with one attached hydrogen (secondary N) is 2. The Morgan fingerprint density at radius 3 is 2.57 bits per heavy atom. The molecule has 0 saturated carbocycles. The van der Waals surface area contributed by atoms with Crippen molar-refractivity contribution >= 4 is 23.5 Å². The number of hydrogen-bond acceptors (Lipinski definition) is 7. The number of rotatable bonds is 6. The molecule has 0 aliphatic heterocycles. The highest BCUT2D eigenvalue weighted by molar-refractivity contribution is 6.07. The highest BCUT2D eigenvalue weighted by Gasteiger charge is 2.16. The van der Waals surface area contributed by atoms with E-state index < -0.39 is 11.9 Å². The van der Waals surface area contributed by atoms with Crippen LogP contribution >= 0.6 is 0 Å². The molecule has 0 aliphatic carbocycles. The number of amides is 1. The summed E-state index contributed by atoms with van der Waals surface area (Å²) in [5.74, 6) is -0.647. The number of benzene rings is 1. The molecule has 2 aromatic heterocycles. The highest BCUT2D eigenvalue weighted by Crippen LogP contribution is 2.17. The maximum Gasteiger partial charge on any atom is 0.339 e. The predicted octanol–water partition coefficient (Wildman–Crippen LogP) is 2.83. The summed E-state index contributed by atoms with van der Waals surface area (Å²) in [5, 5.41) is 5.80. The fraction of sp³-hybridized carbons (Fsp3) is 0.150. The van der Waals surface area contributed by atoms with Crippen molar-refractivity contribution in [3.8, 4) is 0 Å². The molecule has 8 heteroatoms. The van der Waals surface area contributed by atoms with E-state index in [4.69, 9.17) is 4.74 Å². The number of anilines is 2.